The molecule has 2 atom stereocenters. The fraction of sp³-hybridized carbons (Fsp3) is 0.417. The number of rotatable bonds is 10. The Bertz CT molecular complexity index is 1160. The number of quaternary nitrogens is 1. The van der Waals surface area contributed by atoms with Gasteiger partial charge in [0.25, 0.3) is 10.0 Å². The van der Waals surface area contributed by atoms with Crippen molar-refractivity contribution in [1.29, 1.82) is 0 Å². The molecule has 1 heterocycles. The molecule has 10 heteroatoms. The third-order valence-corrected chi connectivity index (χ3v) is 7.75. The lowest BCUT2D eigenvalue weighted by molar-refractivity contribution is -0.115. The summed E-state index contributed by atoms with van der Waals surface area (Å²) in [5.41, 5.74) is 7.88. The van der Waals surface area contributed by atoms with E-state index in [2.05, 4.69) is 4.83 Å². The first-order chi connectivity index (χ1) is 16.1. The van der Waals surface area contributed by atoms with E-state index in [0.717, 1.165) is 24.2 Å². The zero-order valence-electron chi connectivity index (χ0n) is 19.4. The maximum Gasteiger partial charge on any atom is 0.444 e. The highest BCUT2D eigenvalue weighted by molar-refractivity contribution is 7.90. The molecule has 0 radical (unpaired) electrons. The highest BCUT2D eigenvalue weighted by Gasteiger charge is 2.52. The Balaban J connectivity index is 1.60. The number of urea groups is 1. The molecule has 9 nitrogen and oxygen atoms in total. The average Bonchev–Trinajstić information content (AvgIpc) is 3.60. The lowest BCUT2D eigenvalue weighted by atomic mass is 10.0. The number of methoxy groups -OCH3 is 1. The van der Waals surface area contributed by atoms with E-state index in [1.807, 2.05) is 43.3 Å². The largest absolute Gasteiger partial charge is 0.497 e. The Morgan fingerprint density at radius 3 is 2.38 bits per heavy atom. The summed E-state index contributed by atoms with van der Waals surface area (Å²) in [5.74, 6) is -0.559. The molecule has 1 saturated carbocycles. The number of nitrogens with two attached hydrogens (primary N) is 1. The van der Waals surface area contributed by atoms with Gasteiger partial charge in [0.2, 0.25) is 5.91 Å². The van der Waals surface area contributed by atoms with Crippen molar-refractivity contribution in [3.8, 4) is 5.75 Å². The summed E-state index contributed by atoms with van der Waals surface area (Å²) in [6, 6.07) is 14.8. The van der Waals surface area contributed by atoms with Crippen molar-refractivity contribution >= 4 is 27.6 Å². The van der Waals surface area contributed by atoms with Crippen LogP contribution in [0.5, 0.6) is 5.75 Å². The molecule has 2 aromatic carbocycles. The predicted octanol–water partition coefficient (Wildman–Crippen LogP) is 2.44. The van der Waals surface area contributed by atoms with Gasteiger partial charge in [0.05, 0.1) is 13.7 Å². The Kier molecular flexibility index (Phi) is 6.66. The summed E-state index contributed by atoms with van der Waals surface area (Å²) >= 11 is 0. The quantitative estimate of drug-likeness (QED) is 0.499. The minimum Gasteiger partial charge on any atom is -0.497 e. The molecule has 2 aromatic rings. The average molecular weight is 488 g/mol. The number of carbonyl (C=O) groups is 2. The van der Waals surface area contributed by atoms with Crippen molar-refractivity contribution in [3.05, 3.63) is 59.7 Å². The van der Waals surface area contributed by atoms with Crippen LogP contribution in [0.2, 0.25) is 0 Å². The molecule has 3 amide bonds. The molecule has 3 N–H and O–H groups in total. The standard InChI is InChI=1S/C24H30N4O5S/c1-17(18-7-11-22(33-2)12-8-18)15-27-13-14-28(24(27)30,26-34(31,32)16-23(25)29)21-9-5-20(6-10-21)19-3-4-19/h5-12,17,19,26H,3-4,13-16H2,1-2H3,(H-,25,29)/p+1. The highest BCUT2D eigenvalue weighted by atomic mass is 32.2. The summed E-state index contributed by atoms with van der Waals surface area (Å²) in [6.07, 6.45) is 2.28. The van der Waals surface area contributed by atoms with Gasteiger partial charge in [0.15, 0.2) is 5.69 Å². The van der Waals surface area contributed by atoms with Crippen LogP contribution in [0.25, 0.3) is 0 Å². The second kappa shape index (κ2) is 9.36. The first-order valence-corrected chi connectivity index (χ1v) is 13.0. The Morgan fingerprint density at radius 1 is 1.18 bits per heavy atom. The van der Waals surface area contributed by atoms with Crippen LogP contribution >= 0.6 is 0 Å². The topological polar surface area (TPSA) is 119 Å². The van der Waals surface area contributed by atoms with Crippen LogP contribution < -0.4 is 19.9 Å². The van der Waals surface area contributed by atoms with E-state index in [0.29, 0.717) is 24.7 Å². The van der Waals surface area contributed by atoms with Crippen LogP contribution in [0, 0.1) is 0 Å². The second-order valence-corrected chi connectivity index (χ2v) is 10.8. The molecule has 4 rings (SSSR count). The normalized spacial score (nSPS) is 21.5. The Hall–Kier alpha value is -2.95. The number of primary amides is 1. The number of benzene rings is 2. The number of carbonyl (C=O) groups excluding carboxylic acids is 2. The zero-order chi connectivity index (χ0) is 24.5. The lowest BCUT2D eigenvalue weighted by Gasteiger charge is -2.30. The van der Waals surface area contributed by atoms with Crippen molar-refractivity contribution in [2.75, 3.05) is 32.5 Å². The molecular weight excluding hydrogens is 456 g/mol. The fourth-order valence-electron chi connectivity index (χ4n) is 4.49. The molecule has 2 unspecified atom stereocenters. The van der Waals surface area contributed by atoms with Gasteiger partial charge in [-0.25, -0.2) is 13.2 Å². The maximum absolute atomic E-state index is 13.7. The summed E-state index contributed by atoms with van der Waals surface area (Å²) in [6.45, 7) is 3.00. The maximum atomic E-state index is 13.7. The van der Waals surface area contributed by atoms with E-state index in [4.69, 9.17) is 10.5 Å². The predicted molar refractivity (Wildman–Crippen MR) is 130 cm³/mol. The van der Waals surface area contributed by atoms with Crippen molar-refractivity contribution in [2.24, 2.45) is 5.73 Å². The van der Waals surface area contributed by atoms with Gasteiger partial charge in [-0.2, -0.15) is 0 Å². The number of hydrogen-bond donors (Lipinski definition) is 2. The van der Waals surface area contributed by atoms with Gasteiger partial charge in [-0.3, -0.25) is 9.69 Å². The van der Waals surface area contributed by atoms with Crippen molar-refractivity contribution in [1.82, 2.24) is 14.3 Å². The third-order valence-electron chi connectivity index (χ3n) is 6.49. The number of sulfonamides is 1. The van der Waals surface area contributed by atoms with Gasteiger partial charge in [-0.1, -0.05) is 31.2 Å². The van der Waals surface area contributed by atoms with Gasteiger partial charge < -0.3 is 10.5 Å². The first kappa shape index (κ1) is 24.2. The van der Waals surface area contributed by atoms with Crippen LogP contribution in [-0.2, 0) is 14.8 Å². The molecule has 34 heavy (non-hydrogen) atoms. The van der Waals surface area contributed by atoms with E-state index in [1.54, 1.807) is 24.1 Å². The summed E-state index contributed by atoms with van der Waals surface area (Å²) in [5, 5.41) is 0. The van der Waals surface area contributed by atoms with Gasteiger partial charge >= 0.3 is 6.03 Å². The lowest BCUT2D eigenvalue weighted by Crippen LogP contribution is -2.64. The fourth-order valence-corrected chi connectivity index (χ4v) is 5.68. The van der Waals surface area contributed by atoms with Gasteiger partial charge in [-0.15, -0.1) is 4.59 Å². The van der Waals surface area contributed by atoms with Crippen LogP contribution in [0.15, 0.2) is 48.5 Å². The molecule has 1 aliphatic heterocycles. The smallest absolute Gasteiger partial charge is 0.444 e. The van der Waals surface area contributed by atoms with Crippen LogP contribution in [0.1, 0.15) is 42.7 Å². The minimum atomic E-state index is -4.14. The number of hydrogen-bond acceptors (Lipinski definition) is 5. The summed E-state index contributed by atoms with van der Waals surface area (Å²) < 4.78 is 30.0. The summed E-state index contributed by atoms with van der Waals surface area (Å²) in [4.78, 5) is 29.2. The van der Waals surface area contributed by atoms with E-state index in [9.17, 15) is 18.0 Å². The Labute approximate surface area is 200 Å². The number of ether oxygens (including phenoxy) is 1. The number of nitrogens with one attached hydrogen (secondary N) is 1. The van der Waals surface area contributed by atoms with E-state index >= 15 is 0 Å². The molecule has 1 aliphatic carbocycles. The van der Waals surface area contributed by atoms with E-state index in [1.165, 1.54) is 5.56 Å². The molecule has 2 fully saturated rings. The SMILES string of the molecule is COc1ccc(C(C)CN2CC[N+](NS(=O)(=O)CC(N)=O)(c3ccc(C4CC4)cc3)C2=O)cc1. The molecule has 0 spiro atoms. The second-order valence-electron chi connectivity index (χ2n) is 9.12. The number of amides is 3. The van der Waals surface area contributed by atoms with Gasteiger partial charge in [0.1, 0.15) is 18.0 Å². The molecule has 0 aromatic heterocycles. The van der Waals surface area contributed by atoms with E-state index < -0.39 is 26.3 Å². The highest BCUT2D eigenvalue weighted by Crippen LogP contribution is 2.41. The summed E-state index contributed by atoms with van der Waals surface area (Å²) in [7, 11) is -2.54. The molecular formula is C24H31N4O5S+. The van der Waals surface area contributed by atoms with Crippen molar-refractivity contribution in [2.45, 2.75) is 31.6 Å². The monoisotopic (exact) mass is 487 g/mol. The third kappa shape index (κ3) is 5.08. The molecule has 2 aliphatic rings. The van der Waals surface area contributed by atoms with Crippen LogP contribution in [0.3, 0.4) is 0 Å². The molecule has 1 saturated heterocycles. The van der Waals surface area contributed by atoms with Gasteiger partial charge in [0, 0.05) is 18.7 Å². The van der Waals surface area contributed by atoms with Gasteiger partial charge in [-0.05, 0) is 52.8 Å². The molecule has 0 bridgehead atoms. The zero-order valence-corrected chi connectivity index (χ0v) is 20.3. The minimum absolute atomic E-state index is 0.0225. The molecule has 182 valence electrons. The van der Waals surface area contributed by atoms with E-state index in [-0.39, 0.29) is 18.5 Å². The van der Waals surface area contributed by atoms with Crippen molar-refractivity contribution < 1.29 is 22.7 Å². The first-order valence-electron chi connectivity index (χ1n) is 11.4. The van der Waals surface area contributed by atoms with Crippen LogP contribution in [-0.4, -0.2) is 57.8 Å². The number of nitrogens with zero attached hydrogens (tertiary/aromatic N) is 2. The van der Waals surface area contributed by atoms with Crippen LogP contribution in [0.4, 0.5) is 10.5 Å². The Morgan fingerprint density at radius 2 is 1.82 bits per heavy atom. The van der Waals surface area contributed by atoms with Crippen molar-refractivity contribution in [3.63, 3.8) is 0 Å².